The predicted molar refractivity (Wildman–Crippen MR) is 75.4 cm³/mol. The van der Waals surface area contributed by atoms with Gasteiger partial charge in [-0.3, -0.25) is 0 Å². The van der Waals surface area contributed by atoms with E-state index in [1.807, 2.05) is 13.2 Å². The second-order valence-corrected chi connectivity index (χ2v) is 7.22. The maximum atomic E-state index is 12.2. The van der Waals surface area contributed by atoms with Crippen molar-refractivity contribution in [1.82, 2.24) is 4.31 Å². The molecule has 0 aromatic rings. The molecule has 16 heavy (non-hydrogen) atoms. The standard InChI is InChI=1S/C9H20N2O2S3/c1-5-8(9(10)14)16(12,13)11(3)7(2)6-15-4/h7-8H,5-6H2,1-4H3,(H2,10,14). The number of thioether (sulfide) groups is 1. The van der Waals surface area contributed by atoms with Crippen LogP contribution in [0.1, 0.15) is 20.3 Å². The van der Waals surface area contributed by atoms with Crippen LogP contribution < -0.4 is 5.73 Å². The first kappa shape index (κ1) is 16.1. The summed E-state index contributed by atoms with van der Waals surface area (Å²) in [4.78, 5) is 0.0469. The van der Waals surface area contributed by atoms with Crippen LogP contribution in [0.2, 0.25) is 0 Å². The van der Waals surface area contributed by atoms with Crippen molar-refractivity contribution in [2.75, 3.05) is 19.1 Å². The van der Waals surface area contributed by atoms with E-state index in [-0.39, 0.29) is 11.0 Å². The predicted octanol–water partition coefficient (Wildman–Crippen LogP) is 1.06. The lowest BCUT2D eigenvalue weighted by atomic mass is 10.3. The van der Waals surface area contributed by atoms with E-state index in [9.17, 15) is 8.42 Å². The number of nitrogens with two attached hydrogens (primary N) is 1. The second-order valence-electron chi connectivity index (χ2n) is 3.66. The summed E-state index contributed by atoms with van der Waals surface area (Å²) in [6.45, 7) is 3.65. The largest absolute Gasteiger partial charge is 0.392 e. The molecule has 0 radical (unpaired) electrons. The number of thiocarbonyl (C=S) groups is 1. The molecule has 0 fully saturated rings. The zero-order chi connectivity index (χ0) is 12.9. The highest BCUT2D eigenvalue weighted by Gasteiger charge is 2.32. The van der Waals surface area contributed by atoms with Crippen molar-refractivity contribution < 1.29 is 8.42 Å². The van der Waals surface area contributed by atoms with Crippen molar-refractivity contribution in [1.29, 1.82) is 0 Å². The topological polar surface area (TPSA) is 63.4 Å². The van der Waals surface area contributed by atoms with Gasteiger partial charge >= 0.3 is 0 Å². The van der Waals surface area contributed by atoms with E-state index in [4.69, 9.17) is 18.0 Å². The van der Waals surface area contributed by atoms with Gasteiger partial charge in [-0.25, -0.2) is 12.7 Å². The molecule has 0 rings (SSSR count). The minimum atomic E-state index is -3.42. The SMILES string of the molecule is CCC(C(N)=S)S(=O)(=O)N(C)C(C)CSC. The van der Waals surface area contributed by atoms with Crippen LogP contribution in [0.25, 0.3) is 0 Å². The van der Waals surface area contributed by atoms with Gasteiger partial charge in [-0.2, -0.15) is 11.8 Å². The van der Waals surface area contributed by atoms with Crippen LogP contribution in [0, 0.1) is 0 Å². The van der Waals surface area contributed by atoms with E-state index in [2.05, 4.69) is 0 Å². The first-order valence-corrected chi connectivity index (χ1v) is 8.34. The van der Waals surface area contributed by atoms with Crippen molar-refractivity contribution in [3.05, 3.63) is 0 Å². The van der Waals surface area contributed by atoms with Crippen molar-refractivity contribution in [2.45, 2.75) is 31.6 Å². The molecule has 4 nitrogen and oxygen atoms in total. The summed E-state index contributed by atoms with van der Waals surface area (Å²) in [5, 5.41) is -0.753. The van der Waals surface area contributed by atoms with Crippen molar-refractivity contribution in [3.63, 3.8) is 0 Å². The van der Waals surface area contributed by atoms with Gasteiger partial charge in [0.2, 0.25) is 10.0 Å². The molecule has 2 unspecified atom stereocenters. The molecule has 0 aromatic carbocycles. The van der Waals surface area contributed by atoms with Crippen LogP contribution in [0.5, 0.6) is 0 Å². The number of nitrogens with zero attached hydrogens (tertiary/aromatic N) is 1. The van der Waals surface area contributed by atoms with Crippen LogP contribution in [-0.4, -0.2) is 48.1 Å². The first-order chi connectivity index (χ1) is 7.28. The van der Waals surface area contributed by atoms with E-state index in [1.165, 1.54) is 4.31 Å². The number of sulfonamides is 1. The van der Waals surface area contributed by atoms with Crippen molar-refractivity contribution >= 4 is 39.0 Å². The molecule has 0 aliphatic heterocycles. The Kier molecular flexibility index (Phi) is 6.84. The molecule has 0 saturated carbocycles. The summed E-state index contributed by atoms with van der Waals surface area (Å²) >= 11 is 6.41. The molecule has 0 aliphatic rings. The molecule has 2 N–H and O–H groups in total. The minimum Gasteiger partial charge on any atom is -0.392 e. The number of hydrogen-bond acceptors (Lipinski definition) is 4. The van der Waals surface area contributed by atoms with Gasteiger partial charge in [0.15, 0.2) is 0 Å². The Labute approximate surface area is 108 Å². The van der Waals surface area contributed by atoms with Crippen LogP contribution in [-0.2, 0) is 10.0 Å². The summed E-state index contributed by atoms with van der Waals surface area (Å²) in [6, 6.07) is -0.0524. The van der Waals surface area contributed by atoms with Crippen LogP contribution in [0.15, 0.2) is 0 Å². The molecule has 96 valence electrons. The zero-order valence-corrected chi connectivity index (χ0v) is 12.6. The summed E-state index contributed by atoms with van der Waals surface area (Å²) in [5.41, 5.74) is 5.47. The maximum absolute atomic E-state index is 12.2. The average molecular weight is 284 g/mol. The van der Waals surface area contributed by atoms with E-state index < -0.39 is 15.3 Å². The molecule has 0 saturated heterocycles. The van der Waals surface area contributed by atoms with E-state index in [0.29, 0.717) is 6.42 Å². The average Bonchev–Trinajstić information content (AvgIpc) is 2.16. The van der Waals surface area contributed by atoms with Gasteiger partial charge < -0.3 is 5.73 Å². The Morgan fingerprint density at radius 2 is 2.06 bits per heavy atom. The lowest BCUT2D eigenvalue weighted by Crippen LogP contribution is -2.46. The Bertz CT molecular complexity index is 330. The van der Waals surface area contributed by atoms with Crippen LogP contribution >= 0.6 is 24.0 Å². The molecular weight excluding hydrogens is 264 g/mol. The summed E-state index contributed by atoms with van der Waals surface area (Å²) in [7, 11) is -1.84. The first-order valence-electron chi connectivity index (χ1n) is 5.04. The van der Waals surface area contributed by atoms with Crippen molar-refractivity contribution in [3.8, 4) is 0 Å². The molecule has 0 spiro atoms. The lowest BCUT2D eigenvalue weighted by Gasteiger charge is -2.27. The Hall–Kier alpha value is 0.150. The molecule has 7 heteroatoms. The molecule has 0 aromatic heterocycles. The van der Waals surface area contributed by atoms with Gasteiger partial charge in [0.1, 0.15) is 5.25 Å². The highest BCUT2D eigenvalue weighted by Crippen LogP contribution is 2.16. The quantitative estimate of drug-likeness (QED) is 0.708. The Morgan fingerprint density at radius 1 is 1.56 bits per heavy atom. The van der Waals surface area contributed by atoms with Gasteiger partial charge in [0.25, 0.3) is 0 Å². The van der Waals surface area contributed by atoms with Gasteiger partial charge in [0, 0.05) is 18.8 Å². The summed E-state index contributed by atoms with van der Waals surface area (Å²) in [6.07, 6.45) is 2.36. The smallest absolute Gasteiger partial charge is 0.223 e. The van der Waals surface area contributed by atoms with E-state index in [1.54, 1.807) is 25.7 Å². The number of rotatable bonds is 7. The summed E-state index contributed by atoms with van der Waals surface area (Å²) in [5.74, 6) is 0.753. The van der Waals surface area contributed by atoms with Gasteiger partial charge in [-0.05, 0) is 19.6 Å². The normalized spacial score (nSPS) is 16.1. The zero-order valence-electron chi connectivity index (χ0n) is 10.1. The molecular formula is C9H20N2O2S3. The maximum Gasteiger partial charge on any atom is 0.223 e. The molecule has 0 amide bonds. The fourth-order valence-electron chi connectivity index (χ4n) is 1.36. The highest BCUT2D eigenvalue weighted by atomic mass is 32.2. The van der Waals surface area contributed by atoms with Gasteiger partial charge in [-0.1, -0.05) is 19.1 Å². The summed E-state index contributed by atoms with van der Waals surface area (Å²) < 4.78 is 25.7. The van der Waals surface area contributed by atoms with Crippen LogP contribution in [0.4, 0.5) is 0 Å². The van der Waals surface area contributed by atoms with Crippen molar-refractivity contribution in [2.24, 2.45) is 5.73 Å². The third-order valence-electron chi connectivity index (χ3n) is 2.48. The third kappa shape index (κ3) is 3.87. The molecule has 0 heterocycles. The molecule has 0 bridgehead atoms. The second kappa shape index (κ2) is 6.78. The molecule has 2 atom stereocenters. The highest BCUT2D eigenvalue weighted by molar-refractivity contribution is 7.98. The van der Waals surface area contributed by atoms with Gasteiger partial charge in [0.05, 0.1) is 4.99 Å². The lowest BCUT2D eigenvalue weighted by molar-refractivity contribution is 0.411. The monoisotopic (exact) mass is 284 g/mol. The Balaban J connectivity index is 4.96. The van der Waals surface area contributed by atoms with E-state index in [0.717, 1.165) is 5.75 Å². The minimum absolute atomic E-state index is 0.0469. The fraction of sp³-hybridized carbons (Fsp3) is 0.889. The fourth-order valence-corrected chi connectivity index (χ4v) is 4.38. The van der Waals surface area contributed by atoms with E-state index >= 15 is 0 Å². The van der Waals surface area contributed by atoms with Crippen LogP contribution in [0.3, 0.4) is 0 Å². The molecule has 0 aliphatic carbocycles. The number of hydrogen-bond donors (Lipinski definition) is 1. The third-order valence-corrected chi connectivity index (χ3v) is 6.20. The van der Waals surface area contributed by atoms with Gasteiger partial charge in [-0.15, -0.1) is 0 Å². The Morgan fingerprint density at radius 3 is 2.38 bits per heavy atom.